The van der Waals surface area contributed by atoms with Crippen molar-refractivity contribution in [2.75, 3.05) is 5.73 Å². The van der Waals surface area contributed by atoms with E-state index in [4.69, 9.17) is 17.3 Å². The molecule has 1 heterocycles. The van der Waals surface area contributed by atoms with Gasteiger partial charge in [0.05, 0.1) is 10.5 Å². The number of rotatable bonds is 2. The molecule has 0 saturated heterocycles. The summed E-state index contributed by atoms with van der Waals surface area (Å²) < 4.78 is 13.8. The number of fused-ring (bicyclic) bond motifs is 1. The van der Waals surface area contributed by atoms with Crippen LogP contribution < -0.4 is 5.73 Å². The molecule has 17 heavy (non-hydrogen) atoms. The lowest BCUT2D eigenvalue weighted by Crippen LogP contribution is -1.99. The Hall–Kier alpha value is -1.35. The lowest BCUT2D eigenvalue weighted by molar-refractivity contribution is 0.575. The fraction of sp³-hybridized carbons (Fsp3) is 0.308. The lowest BCUT2D eigenvalue weighted by atomic mass is 10.0. The predicted molar refractivity (Wildman–Crippen MR) is 69.7 cm³/mol. The number of anilines is 1. The average Bonchev–Trinajstić information content (AvgIpc) is 2.22. The highest BCUT2D eigenvalue weighted by molar-refractivity contribution is 6.33. The summed E-state index contributed by atoms with van der Waals surface area (Å²) in [5.41, 5.74) is 6.99. The Morgan fingerprint density at radius 1 is 1.35 bits per heavy atom. The molecular formula is C13H14ClFN2. The number of pyridine rings is 1. The van der Waals surface area contributed by atoms with E-state index in [2.05, 4.69) is 4.98 Å². The Morgan fingerprint density at radius 3 is 2.71 bits per heavy atom. The summed E-state index contributed by atoms with van der Waals surface area (Å²) in [5.74, 6) is 0.460. The minimum absolute atomic E-state index is 0.214. The molecular weight excluding hydrogens is 239 g/mol. The van der Waals surface area contributed by atoms with E-state index in [0.29, 0.717) is 33.8 Å². The molecule has 2 N–H and O–H groups in total. The Kier molecular flexibility index (Phi) is 3.20. The number of hydrogen-bond donors (Lipinski definition) is 1. The Morgan fingerprint density at radius 2 is 2.06 bits per heavy atom. The second kappa shape index (κ2) is 4.49. The van der Waals surface area contributed by atoms with E-state index in [0.717, 1.165) is 0 Å². The minimum atomic E-state index is -0.214. The van der Waals surface area contributed by atoms with Crippen molar-refractivity contribution in [1.29, 1.82) is 0 Å². The van der Waals surface area contributed by atoms with Gasteiger partial charge in [-0.15, -0.1) is 0 Å². The van der Waals surface area contributed by atoms with Crippen LogP contribution in [0.25, 0.3) is 10.9 Å². The highest BCUT2D eigenvalue weighted by atomic mass is 35.5. The summed E-state index contributed by atoms with van der Waals surface area (Å²) in [6.07, 6.45) is 0.686. The van der Waals surface area contributed by atoms with Crippen molar-refractivity contribution in [3.05, 3.63) is 34.6 Å². The number of nitrogens with two attached hydrogens (primary N) is 1. The molecule has 2 aromatic rings. The fourth-order valence-electron chi connectivity index (χ4n) is 1.82. The summed E-state index contributed by atoms with van der Waals surface area (Å²) in [4.78, 5) is 4.16. The van der Waals surface area contributed by atoms with Gasteiger partial charge in [0.2, 0.25) is 0 Å². The number of halogens is 2. The van der Waals surface area contributed by atoms with Crippen molar-refractivity contribution < 1.29 is 4.39 Å². The van der Waals surface area contributed by atoms with Crippen molar-refractivity contribution in [1.82, 2.24) is 4.98 Å². The zero-order valence-electron chi connectivity index (χ0n) is 9.80. The van der Waals surface area contributed by atoms with Gasteiger partial charge in [0.1, 0.15) is 11.6 Å². The van der Waals surface area contributed by atoms with Crippen LogP contribution in [0.4, 0.5) is 10.2 Å². The van der Waals surface area contributed by atoms with E-state index < -0.39 is 0 Å². The molecule has 2 rings (SSSR count). The van der Waals surface area contributed by atoms with E-state index >= 15 is 0 Å². The van der Waals surface area contributed by atoms with Crippen LogP contribution in [0.1, 0.15) is 19.4 Å². The average molecular weight is 253 g/mol. The van der Waals surface area contributed by atoms with Gasteiger partial charge in [-0.2, -0.15) is 0 Å². The number of hydrogen-bond acceptors (Lipinski definition) is 2. The van der Waals surface area contributed by atoms with E-state index in [-0.39, 0.29) is 11.6 Å². The van der Waals surface area contributed by atoms with E-state index in [9.17, 15) is 4.39 Å². The lowest BCUT2D eigenvalue weighted by Gasteiger charge is -2.08. The van der Waals surface area contributed by atoms with Crippen molar-refractivity contribution in [2.45, 2.75) is 20.3 Å². The first kappa shape index (κ1) is 12.1. The number of nitrogens with zero attached hydrogens (tertiary/aromatic N) is 1. The van der Waals surface area contributed by atoms with Gasteiger partial charge in [0.15, 0.2) is 0 Å². The van der Waals surface area contributed by atoms with Crippen LogP contribution in [0.5, 0.6) is 0 Å². The standard InChI is InChI=1S/C13H14ClFN2/c1-7(2)3-8-6-12-9(5-11(8)15)4-10(14)13(16)17-12/h4-7H,3H2,1-2H3,(H2,16,17). The monoisotopic (exact) mass is 252 g/mol. The molecule has 1 aromatic carbocycles. The van der Waals surface area contributed by atoms with Gasteiger partial charge < -0.3 is 5.73 Å². The van der Waals surface area contributed by atoms with Crippen LogP contribution in [0.2, 0.25) is 5.02 Å². The van der Waals surface area contributed by atoms with Gasteiger partial charge in [-0.25, -0.2) is 9.37 Å². The van der Waals surface area contributed by atoms with Crippen LogP contribution in [0.15, 0.2) is 18.2 Å². The molecule has 0 fully saturated rings. The summed E-state index contributed by atoms with van der Waals surface area (Å²) in [6.45, 7) is 4.10. The van der Waals surface area contributed by atoms with Crippen molar-refractivity contribution >= 4 is 28.3 Å². The Bertz CT molecular complexity index is 567. The van der Waals surface area contributed by atoms with Crippen LogP contribution in [0, 0.1) is 11.7 Å². The van der Waals surface area contributed by atoms with Crippen LogP contribution >= 0.6 is 11.6 Å². The fourth-order valence-corrected chi connectivity index (χ4v) is 1.98. The van der Waals surface area contributed by atoms with Crippen molar-refractivity contribution in [3.8, 4) is 0 Å². The maximum atomic E-state index is 13.8. The molecule has 0 bridgehead atoms. The van der Waals surface area contributed by atoms with E-state index in [1.807, 2.05) is 13.8 Å². The van der Waals surface area contributed by atoms with Gasteiger partial charge in [-0.05, 0) is 36.1 Å². The van der Waals surface area contributed by atoms with Crippen LogP contribution in [0.3, 0.4) is 0 Å². The SMILES string of the molecule is CC(C)Cc1cc2nc(N)c(Cl)cc2cc1F. The summed E-state index contributed by atoms with van der Waals surface area (Å²) in [6, 6.07) is 4.85. The van der Waals surface area contributed by atoms with Gasteiger partial charge in [-0.1, -0.05) is 25.4 Å². The normalized spacial score (nSPS) is 11.4. The second-order valence-corrected chi connectivity index (χ2v) is 5.00. The number of nitrogen functional groups attached to an aromatic ring is 1. The largest absolute Gasteiger partial charge is 0.382 e. The van der Waals surface area contributed by atoms with Gasteiger partial charge >= 0.3 is 0 Å². The maximum absolute atomic E-state index is 13.8. The quantitative estimate of drug-likeness (QED) is 0.883. The Labute approximate surface area is 105 Å². The molecule has 0 aliphatic carbocycles. The summed E-state index contributed by atoms with van der Waals surface area (Å²) in [7, 11) is 0. The third-order valence-electron chi connectivity index (χ3n) is 2.59. The molecule has 0 aliphatic rings. The smallest absolute Gasteiger partial charge is 0.142 e. The molecule has 1 aromatic heterocycles. The van der Waals surface area contributed by atoms with Crippen LogP contribution in [-0.4, -0.2) is 4.98 Å². The third kappa shape index (κ3) is 2.50. The molecule has 0 radical (unpaired) electrons. The van der Waals surface area contributed by atoms with Gasteiger partial charge in [-0.3, -0.25) is 0 Å². The summed E-state index contributed by atoms with van der Waals surface area (Å²) in [5, 5.41) is 1.03. The first-order valence-electron chi connectivity index (χ1n) is 5.51. The molecule has 2 nitrogen and oxygen atoms in total. The number of benzene rings is 1. The Balaban J connectivity index is 2.59. The molecule has 0 aliphatic heterocycles. The van der Waals surface area contributed by atoms with Crippen molar-refractivity contribution in [2.24, 2.45) is 5.92 Å². The first-order chi connectivity index (χ1) is 7.97. The third-order valence-corrected chi connectivity index (χ3v) is 2.89. The van der Waals surface area contributed by atoms with E-state index in [1.165, 1.54) is 6.07 Å². The zero-order valence-corrected chi connectivity index (χ0v) is 10.6. The predicted octanol–water partition coefficient (Wildman–Crippen LogP) is 3.81. The highest BCUT2D eigenvalue weighted by Crippen LogP contribution is 2.25. The molecule has 0 saturated carbocycles. The summed E-state index contributed by atoms with van der Waals surface area (Å²) >= 11 is 5.85. The molecule has 0 unspecified atom stereocenters. The molecule has 90 valence electrons. The molecule has 0 atom stereocenters. The van der Waals surface area contributed by atoms with E-state index in [1.54, 1.807) is 12.1 Å². The van der Waals surface area contributed by atoms with Gasteiger partial charge in [0.25, 0.3) is 0 Å². The zero-order chi connectivity index (χ0) is 12.6. The second-order valence-electron chi connectivity index (χ2n) is 4.59. The maximum Gasteiger partial charge on any atom is 0.142 e. The van der Waals surface area contributed by atoms with Gasteiger partial charge in [0, 0.05) is 5.39 Å². The highest BCUT2D eigenvalue weighted by Gasteiger charge is 2.09. The molecule has 0 amide bonds. The van der Waals surface area contributed by atoms with Crippen LogP contribution in [-0.2, 0) is 6.42 Å². The minimum Gasteiger partial charge on any atom is -0.382 e. The topological polar surface area (TPSA) is 38.9 Å². The number of aromatic nitrogens is 1. The first-order valence-corrected chi connectivity index (χ1v) is 5.89. The van der Waals surface area contributed by atoms with Crippen molar-refractivity contribution in [3.63, 3.8) is 0 Å². The molecule has 0 spiro atoms. The molecule has 4 heteroatoms.